The van der Waals surface area contributed by atoms with Gasteiger partial charge in [0.25, 0.3) is 11.8 Å². The molecular weight excluding hydrogens is 414 g/mol. The maximum absolute atomic E-state index is 12.3. The molecule has 0 atom stereocenters. The molecule has 0 bridgehead atoms. The number of amides is 2. The predicted molar refractivity (Wildman–Crippen MR) is 124 cm³/mol. The summed E-state index contributed by atoms with van der Waals surface area (Å²) in [4.78, 5) is 24.1. The third-order valence-electron chi connectivity index (χ3n) is 4.32. The van der Waals surface area contributed by atoms with Gasteiger partial charge in [-0.1, -0.05) is 32.9 Å². The molecule has 3 N–H and O–H groups in total. The number of aryl methyl sites for hydroxylation is 1. The molecule has 0 aliphatic rings. The number of thiocarbonyl (C=S) groups is 1. The van der Waals surface area contributed by atoms with Gasteiger partial charge in [-0.05, 0) is 72.9 Å². The van der Waals surface area contributed by atoms with Crippen molar-refractivity contribution in [3.05, 3.63) is 59.7 Å². The molecule has 0 radical (unpaired) electrons. The zero-order valence-corrected chi connectivity index (χ0v) is 18.9. The predicted octanol–water partition coefficient (Wildman–Crippen LogP) is 3.39. The van der Waals surface area contributed by atoms with Crippen molar-refractivity contribution in [3.63, 3.8) is 0 Å². The maximum Gasteiger partial charge on any atom is 0.276 e. The standard InChI is InChI=1S/C23H29N3O4S/c1-4-17-5-9-20(10-6-17)30-15-21(27)25-26-23(31)24-22(28)18-7-11-19(12-8-18)29-14-13-16(2)3/h5-12,16H,4,13-15H2,1-3H3,(H,25,27)(H2,24,26,28,31). The van der Waals surface area contributed by atoms with Crippen LogP contribution >= 0.6 is 12.2 Å². The summed E-state index contributed by atoms with van der Waals surface area (Å²) in [6.45, 7) is 6.77. The van der Waals surface area contributed by atoms with E-state index in [1.807, 2.05) is 24.3 Å². The van der Waals surface area contributed by atoms with Gasteiger partial charge in [-0.2, -0.15) is 0 Å². The van der Waals surface area contributed by atoms with Crippen molar-refractivity contribution in [1.82, 2.24) is 16.2 Å². The lowest BCUT2D eigenvalue weighted by Gasteiger charge is -2.12. The van der Waals surface area contributed by atoms with E-state index in [0.717, 1.165) is 12.8 Å². The molecular formula is C23H29N3O4S. The van der Waals surface area contributed by atoms with E-state index in [-0.39, 0.29) is 11.7 Å². The van der Waals surface area contributed by atoms with Crippen LogP contribution in [-0.2, 0) is 11.2 Å². The van der Waals surface area contributed by atoms with Crippen LogP contribution in [0.2, 0.25) is 0 Å². The van der Waals surface area contributed by atoms with Crippen molar-refractivity contribution in [3.8, 4) is 11.5 Å². The quantitative estimate of drug-likeness (QED) is 0.407. The fourth-order valence-electron chi connectivity index (χ4n) is 2.45. The van der Waals surface area contributed by atoms with E-state index in [9.17, 15) is 9.59 Å². The lowest BCUT2D eigenvalue weighted by molar-refractivity contribution is -0.123. The Morgan fingerprint density at radius 1 is 0.935 bits per heavy atom. The highest BCUT2D eigenvalue weighted by atomic mass is 32.1. The highest BCUT2D eigenvalue weighted by molar-refractivity contribution is 7.80. The summed E-state index contributed by atoms with van der Waals surface area (Å²) in [5.41, 5.74) is 6.48. The van der Waals surface area contributed by atoms with Gasteiger partial charge in [-0.25, -0.2) is 0 Å². The van der Waals surface area contributed by atoms with Crippen molar-refractivity contribution in [1.29, 1.82) is 0 Å². The summed E-state index contributed by atoms with van der Waals surface area (Å²) in [5, 5.41) is 2.48. The second-order valence-electron chi connectivity index (χ2n) is 7.30. The first-order chi connectivity index (χ1) is 14.9. The molecule has 0 aromatic heterocycles. The van der Waals surface area contributed by atoms with Crippen LogP contribution in [0.15, 0.2) is 48.5 Å². The summed E-state index contributed by atoms with van der Waals surface area (Å²) in [5.74, 6) is 1.04. The Balaban J connectivity index is 1.69. The first kappa shape index (κ1) is 24.1. The molecule has 2 aromatic rings. The minimum atomic E-state index is -0.431. The van der Waals surface area contributed by atoms with Crippen molar-refractivity contribution >= 4 is 29.1 Å². The van der Waals surface area contributed by atoms with Gasteiger partial charge >= 0.3 is 0 Å². The first-order valence-corrected chi connectivity index (χ1v) is 10.6. The highest BCUT2D eigenvalue weighted by Crippen LogP contribution is 2.14. The molecule has 7 nitrogen and oxygen atoms in total. The molecule has 0 unspecified atom stereocenters. The molecule has 2 rings (SSSR count). The second kappa shape index (κ2) is 12.5. The molecule has 0 spiro atoms. The average Bonchev–Trinajstić information content (AvgIpc) is 2.76. The van der Waals surface area contributed by atoms with Crippen LogP contribution in [0.4, 0.5) is 0 Å². The van der Waals surface area contributed by atoms with Crippen LogP contribution in [0, 0.1) is 5.92 Å². The molecule has 0 aliphatic heterocycles. The summed E-state index contributed by atoms with van der Waals surface area (Å²) < 4.78 is 11.0. The lowest BCUT2D eigenvalue weighted by Crippen LogP contribution is -2.49. The van der Waals surface area contributed by atoms with Gasteiger partial charge in [0.15, 0.2) is 11.7 Å². The van der Waals surface area contributed by atoms with Crippen LogP contribution in [0.3, 0.4) is 0 Å². The molecule has 8 heteroatoms. The van der Waals surface area contributed by atoms with Crippen LogP contribution in [0.1, 0.15) is 43.1 Å². The Labute approximate surface area is 188 Å². The zero-order valence-electron chi connectivity index (χ0n) is 18.1. The number of ether oxygens (including phenoxy) is 2. The van der Waals surface area contributed by atoms with Gasteiger partial charge in [0.05, 0.1) is 6.61 Å². The molecule has 0 saturated carbocycles. The third kappa shape index (κ3) is 9.04. The normalized spacial score (nSPS) is 10.3. The van der Waals surface area contributed by atoms with Gasteiger partial charge in [0, 0.05) is 5.56 Å². The van der Waals surface area contributed by atoms with Crippen LogP contribution in [0.25, 0.3) is 0 Å². The molecule has 2 amide bonds. The summed E-state index contributed by atoms with van der Waals surface area (Å²) in [6.07, 6.45) is 1.90. The minimum absolute atomic E-state index is 0.0251. The van der Waals surface area contributed by atoms with Crippen molar-refractivity contribution in [2.45, 2.75) is 33.6 Å². The summed E-state index contributed by atoms with van der Waals surface area (Å²) in [7, 11) is 0. The monoisotopic (exact) mass is 443 g/mol. The molecule has 0 fully saturated rings. The Hall–Kier alpha value is -3.13. The van der Waals surface area contributed by atoms with E-state index in [2.05, 4.69) is 36.9 Å². The Kier molecular flexibility index (Phi) is 9.77. The SMILES string of the molecule is CCc1ccc(OCC(=O)NNC(=S)NC(=O)c2ccc(OCCC(C)C)cc2)cc1. The maximum atomic E-state index is 12.3. The number of carbonyl (C=O) groups excluding carboxylic acids is 2. The van der Waals surface area contributed by atoms with Gasteiger partial charge in [-0.3, -0.25) is 25.8 Å². The number of hydrogen-bond donors (Lipinski definition) is 3. The number of nitrogens with one attached hydrogen (secondary N) is 3. The van der Waals surface area contributed by atoms with Crippen molar-refractivity contribution in [2.24, 2.45) is 5.92 Å². The molecule has 2 aromatic carbocycles. The van der Waals surface area contributed by atoms with E-state index in [1.165, 1.54) is 5.56 Å². The van der Waals surface area contributed by atoms with Crippen LogP contribution in [0.5, 0.6) is 11.5 Å². The van der Waals surface area contributed by atoms with Gasteiger partial charge in [-0.15, -0.1) is 0 Å². The van der Waals surface area contributed by atoms with E-state index < -0.39 is 11.8 Å². The first-order valence-electron chi connectivity index (χ1n) is 10.2. The van der Waals surface area contributed by atoms with Crippen molar-refractivity contribution < 1.29 is 19.1 Å². The smallest absolute Gasteiger partial charge is 0.276 e. The largest absolute Gasteiger partial charge is 0.494 e. The second-order valence-corrected chi connectivity index (χ2v) is 7.71. The van der Waals surface area contributed by atoms with E-state index >= 15 is 0 Å². The van der Waals surface area contributed by atoms with E-state index in [4.69, 9.17) is 21.7 Å². The third-order valence-corrected chi connectivity index (χ3v) is 4.53. The number of carbonyl (C=O) groups is 2. The fourth-order valence-corrected chi connectivity index (χ4v) is 2.60. The van der Waals surface area contributed by atoms with Gasteiger partial charge < -0.3 is 9.47 Å². The molecule has 31 heavy (non-hydrogen) atoms. The van der Waals surface area contributed by atoms with E-state index in [1.54, 1.807) is 24.3 Å². The summed E-state index contributed by atoms with van der Waals surface area (Å²) >= 11 is 5.04. The Bertz CT molecular complexity index is 867. The van der Waals surface area contributed by atoms with Crippen LogP contribution < -0.4 is 25.6 Å². The molecule has 0 heterocycles. The number of hydrogen-bond acceptors (Lipinski definition) is 5. The molecule has 0 saturated heterocycles. The van der Waals surface area contributed by atoms with Gasteiger partial charge in [0.2, 0.25) is 0 Å². The number of hydrazine groups is 1. The summed E-state index contributed by atoms with van der Waals surface area (Å²) in [6, 6.07) is 14.3. The highest BCUT2D eigenvalue weighted by Gasteiger charge is 2.09. The molecule has 166 valence electrons. The lowest BCUT2D eigenvalue weighted by atomic mass is 10.1. The van der Waals surface area contributed by atoms with Crippen molar-refractivity contribution in [2.75, 3.05) is 13.2 Å². The number of benzene rings is 2. The fraction of sp³-hybridized carbons (Fsp3) is 0.348. The van der Waals surface area contributed by atoms with E-state index in [0.29, 0.717) is 29.6 Å². The average molecular weight is 444 g/mol. The van der Waals surface area contributed by atoms with Gasteiger partial charge in [0.1, 0.15) is 11.5 Å². The zero-order chi connectivity index (χ0) is 22.6. The number of rotatable bonds is 9. The Morgan fingerprint density at radius 3 is 2.16 bits per heavy atom. The topological polar surface area (TPSA) is 88.7 Å². The Morgan fingerprint density at radius 2 is 1.55 bits per heavy atom. The molecule has 0 aliphatic carbocycles. The van der Waals surface area contributed by atoms with Crippen LogP contribution in [-0.4, -0.2) is 30.1 Å². The minimum Gasteiger partial charge on any atom is -0.494 e.